The van der Waals surface area contributed by atoms with Crippen LogP contribution in [0.25, 0.3) is 0 Å². The van der Waals surface area contributed by atoms with E-state index in [1.54, 1.807) is 11.0 Å². The van der Waals surface area contributed by atoms with E-state index in [-0.39, 0.29) is 35.6 Å². The molecule has 1 amide bonds. The molecule has 23 heavy (non-hydrogen) atoms. The molecule has 0 spiro atoms. The maximum Gasteiger partial charge on any atom is 0.360 e. The van der Waals surface area contributed by atoms with Crippen molar-refractivity contribution < 1.29 is 23.1 Å². The Morgan fingerprint density at radius 2 is 2.22 bits per heavy atom. The molecule has 120 valence electrons. The van der Waals surface area contributed by atoms with Gasteiger partial charge in [-0.1, -0.05) is 6.07 Å². The number of nitrogens with zero attached hydrogens (tertiary/aromatic N) is 2. The van der Waals surface area contributed by atoms with Crippen LogP contribution in [0.2, 0.25) is 0 Å². The van der Waals surface area contributed by atoms with E-state index in [2.05, 4.69) is 9.72 Å². The maximum absolute atomic E-state index is 13.3. The summed E-state index contributed by atoms with van der Waals surface area (Å²) in [5.74, 6) is -1.11. The Bertz CT molecular complexity index is 739. The molecule has 0 saturated heterocycles. The number of aromatic nitrogens is 1. The van der Waals surface area contributed by atoms with E-state index >= 15 is 0 Å². The van der Waals surface area contributed by atoms with Gasteiger partial charge in [0.05, 0.1) is 13.7 Å². The minimum atomic E-state index is -0.602. The normalized spacial score (nSPS) is 13.7. The molecule has 0 bridgehead atoms. The molecule has 0 aliphatic heterocycles. The molecule has 1 heterocycles. The van der Waals surface area contributed by atoms with Gasteiger partial charge in [-0.3, -0.25) is 4.79 Å². The van der Waals surface area contributed by atoms with Crippen LogP contribution in [0, 0.1) is 5.82 Å². The molecule has 0 atom stereocenters. The summed E-state index contributed by atoms with van der Waals surface area (Å²) in [5, 5.41) is 0. The van der Waals surface area contributed by atoms with Crippen LogP contribution >= 0.6 is 0 Å². The van der Waals surface area contributed by atoms with E-state index in [0.717, 1.165) is 12.8 Å². The van der Waals surface area contributed by atoms with Crippen molar-refractivity contribution in [1.29, 1.82) is 0 Å². The lowest BCUT2D eigenvalue weighted by molar-refractivity contribution is 0.0594. The van der Waals surface area contributed by atoms with Crippen LogP contribution in [-0.2, 0) is 11.3 Å². The van der Waals surface area contributed by atoms with E-state index in [4.69, 9.17) is 4.42 Å². The molecule has 1 fully saturated rings. The monoisotopic (exact) mass is 318 g/mol. The Labute approximate surface area is 131 Å². The van der Waals surface area contributed by atoms with Crippen molar-refractivity contribution in [2.75, 3.05) is 7.11 Å². The SMILES string of the molecule is COC(=O)c1coc(CN(C(=O)c2cccc(F)c2)C2CC2)n1. The highest BCUT2D eigenvalue weighted by molar-refractivity contribution is 5.94. The number of hydrogen-bond donors (Lipinski definition) is 0. The molecule has 0 radical (unpaired) electrons. The third kappa shape index (κ3) is 3.39. The van der Waals surface area contributed by atoms with Crippen molar-refractivity contribution in [2.45, 2.75) is 25.4 Å². The fourth-order valence-corrected chi connectivity index (χ4v) is 2.27. The second kappa shape index (κ2) is 6.20. The number of esters is 1. The van der Waals surface area contributed by atoms with Gasteiger partial charge >= 0.3 is 5.97 Å². The average Bonchev–Trinajstić information content (AvgIpc) is 3.29. The Morgan fingerprint density at radius 1 is 1.43 bits per heavy atom. The summed E-state index contributed by atoms with van der Waals surface area (Å²) >= 11 is 0. The quantitative estimate of drug-likeness (QED) is 0.792. The van der Waals surface area contributed by atoms with Gasteiger partial charge in [-0.15, -0.1) is 0 Å². The summed E-state index contributed by atoms with van der Waals surface area (Å²) in [4.78, 5) is 29.6. The van der Waals surface area contributed by atoms with E-state index in [0.29, 0.717) is 0 Å². The Morgan fingerprint density at radius 3 is 2.87 bits per heavy atom. The standard InChI is InChI=1S/C16H15FN2O4/c1-22-16(21)13-9-23-14(18-13)8-19(12-5-6-12)15(20)10-3-2-4-11(17)7-10/h2-4,7,9,12H,5-6,8H2,1H3. The van der Waals surface area contributed by atoms with Crippen LogP contribution in [0.4, 0.5) is 4.39 Å². The van der Waals surface area contributed by atoms with Gasteiger partial charge in [0.1, 0.15) is 12.1 Å². The zero-order valence-electron chi connectivity index (χ0n) is 12.5. The molecule has 1 aliphatic rings. The third-order valence-electron chi connectivity index (χ3n) is 3.57. The van der Waals surface area contributed by atoms with Gasteiger partial charge in [-0.25, -0.2) is 14.2 Å². The highest BCUT2D eigenvalue weighted by Gasteiger charge is 2.34. The summed E-state index contributed by atoms with van der Waals surface area (Å²) in [7, 11) is 1.25. The molecule has 2 aromatic rings. The molecule has 1 aliphatic carbocycles. The molecule has 1 aromatic heterocycles. The van der Waals surface area contributed by atoms with E-state index in [9.17, 15) is 14.0 Å². The topological polar surface area (TPSA) is 72.6 Å². The van der Waals surface area contributed by atoms with Crippen molar-refractivity contribution in [2.24, 2.45) is 0 Å². The fraction of sp³-hybridized carbons (Fsp3) is 0.312. The zero-order valence-corrected chi connectivity index (χ0v) is 12.5. The van der Waals surface area contributed by atoms with Crippen LogP contribution < -0.4 is 0 Å². The highest BCUT2D eigenvalue weighted by atomic mass is 19.1. The first kappa shape index (κ1) is 15.2. The molecule has 3 rings (SSSR count). The maximum atomic E-state index is 13.3. The number of halogens is 1. The summed E-state index contributed by atoms with van der Waals surface area (Å²) in [5.41, 5.74) is 0.327. The number of methoxy groups -OCH3 is 1. The van der Waals surface area contributed by atoms with Gasteiger partial charge in [0.15, 0.2) is 5.69 Å². The molecular weight excluding hydrogens is 303 g/mol. The van der Waals surface area contributed by atoms with Crippen molar-refractivity contribution in [3.8, 4) is 0 Å². The number of oxazole rings is 1. The Balaban J connectivity index is 1.78. The van der Waals surface area contributed by atoms with Crippen LogP contribution in [0.1, 0.15) is 39.6 Å². The predicted octanol–water partition coefficient (Wildman–Crippen LogP) is 2.41. The lowest BCUT2D eigenvalue weighted by Gasteiger charge is -2.20. The number of ether oxygens (including phenoxy) is 1. The van der Waals surface area contributed by atoms with Gasteiger partial charge in [0.25, 0.3) is 5.91 Å². The number of carbonyl (C=O) groups is 2. The minimum absolute atomic E-state index is 0.0523. The molecule has 1 saturated carbocycles. The van der Waals surface area contributed by atoms with Crippen LogP contribution in [0.15, 0.2) is 34.9 Å². The van der Waals surface area contributed by atoms with E-state index in [1.165, 1.54) is 31.6 Å². The van der Waals surface area contributed by atoms with Gasteiger partial charge < -0.3 is 14.1 Å². The Hall–Kier alpha value is -2.70. The van der Waals surface area contributed by atoms with Gasteiger partial charge in [-0.05, 0) is 31.0 Å². The zero-order chi connectivity index (χ0) is 16.4. The van der Waals surface area contributed by atoms with Crippen LogP contribution in [0.5, 0.6) is 0 Å². The number of rotatable bonds is 5. The number of benzene rings is 1. The van der Waals surface area contributed by atoms with E-state index < -0.39 is 11.8 Å². The average molecular weight is 318 g/mol. The summed E-state index contributed by atoms with van der Waals surface area (Å²) in [6.07, 6.45) is 2.95. The lowest BCUT2D eigenvalue weighted by Crippen LogP contribution is -2.32. The van der Waals surface area contributed by atoms with Crippen molar-refractivity contribution >= 4 is 11.9 Å². The van der Waals surface area contributed by atoms with Crippen molar-refractivity contribution in [1.82, 2.24) is 9.88 Å². The second-order valence-corrected chi connectivity index (χ2v) is 5.29. The van der Waals surface area contributed by atoms with E-state index in [1.807, 2.05) is 0 Å². The van der Waals surface area contributed by atoms with Crippen LogP contribution in [-0.4, -0.2) is 34.9 Å². The van der Waals surface area contributed by atoms with Gasteiger partial charge in [0, 0.05) is 11.6 Å². The smallest absolute Gasteiger partial charge is 0.360 e. The van der Waals surface area contributed by atoms with Gasteiger partial charge in [0.2, 0.25) is 5.89 Å². The molecular formula is C16H15FN2O4. The van der Waals surface area contributed by atoms with Crippen LogP contribution in [0.3, 0.4) is 0 Å². The number of amides is 1. The number of hydrogen-bond acceptors (Lipinski definition) is 5. The fourth-order valence-electron chi connectivity index (χ4n) is 2.27. The highest BCUT2D eigenvalue weighted by Crippen LogP contribution is 2.29. The second-order valence-electron chi connectivity index (χ2n) is 5.29. The minimum Gasteiger partial charge on any atom is -0.464 e. The van der Waals surface area contributed by atoms with Crippen molar-refractivity contribution in [3.05, 3.63) is 53.5 Å². The molecule has 0 N–H and O–H groups in total. The first-order chi connectivity index (χ1) is 11.1. The third-order valence-corrected chi connectivity index (χ3v) is 3.57. The van der Waals surface area contributed by atoms with Crippen molar-refractivity contribution in [3.63, 3.8) is 0 Å². The summed E-state index contributed by atoms with van der Waals surface area (Å²) in [6.45, 7) is 0.122. The first-order valence-corrected chi connectivity index (χ1v) is 7.17. The lowest BCUT2D eigenvalue weighted by atomic mass is 10.2. The molecule has 7 heteroatoms. The summed E-state index contributed by atoms with van der Waals surface area (Å²) in [6, 6.07) is 5.63. The first-order valence-electron chi connectivity index (χ1n) is 7.17. The molecule has 1 aromatic carbocycles. The largest absolute Gasteiger partial charge is 0.464 e. The molecule has 0 unspecified atom stereocenters. The summed E-state index contributed by atoms with van der Waals surface area (Å²) < 4.78 is 23.1. The number of carbonyl (C=O) groups excluding carboxylic acids is 2. The van der Waals surface area contributed by atoms with Gasteiger partial charge in [-0.2, -0.15) is 0 Å². The molecule has 6 nitrogen and oxygen atoms in total. The Kier molecular flexibility index (Phi) is 4.10. The predicted molar refractivity (Wildman–Crippen MR) is 77.1 cm³/mol.